The number of amides is 1. The highest BCUT2D eigenvalue weighted by Gasteiger charge is 2.37. The molecule has 0 spiro atoms. The van der Waals surface area contributed by atoms with E-state index in [1.165, 1.54) is 32.1 Å². The summed E-state index contributed by atoms with van der Waals surface area (Å²) in [6, 6.07) is 1.60. The summed E-state index contributed by atoms with van der Waals surface area (Å²) in [5.41, 5.74) is 0. The molecule has 0 aromatic heterocycles. The Labute approximate surface area is 152 Å². The van der Waals surface area contributed by atoms with Crippen molar-refractivity contribution in [2.75, 3.05) is 33.9 Å². The minimum absolute atomic E-state index is 0. The zero-order chi connectivity index (χ0) is 16.2. The van der Waals surface area contributed by atoms with E-state index in [1.807, 2.05) is 14.1 Å². The van der Waals surface area contributed by atoms with Gasteiger partial charge in [0.1, 0.15) is 0 Å². The van der Waals surface area contributed by atoms with Gasteiger partial charge in [0.2, 0.25) is 5.91 Å². The first-order chi connectivity index (χ1) is 11.1. The van der Waals surface area contributed by atoms with E-state index in [9.17, 15) is 4.79 Å². The van der Waals surface area contributed by atoms with Gasteiger partial charge < -0.3 is 20.3 Å². The van der Waals surface area contributed by atoms with Crippen LogP contribution in [0.5, 0.6) is 0 Å². The maximum Gasteiger partial charge on any atom is 0.225 e. The lowest BCUT2D eigenvalue weighted by atomic mass is 9.83. The predicted octanol–water partition coefficient (Wildman–Crippen LogP) is 1.80. The van der Waals surface area contributed by atoms with E-state index in [2.05, 4.69) is 10.6 Å². The van der Waals surface area contributed by atoms with Gasteiger partial charge in [0.25, 0.3) is 0 Å². The Hall–Kier alpha value is -0.360. The Balaban J connectivity index is 0.00000208. The number of carbonyl (C=O) groups excluding carboxylic acids is 1. The molecule has 1 heterocycles. The van der Waals surface area contributed by atoms with Crippen molar-refractivity contribution < 1.29 is 9.53 Å². The summed E-state index contributed by atoms with van der Waals surface area (Å²) >= 11 is 0. The van der Waals surface area contributed by atoms with E-state index >= 15 is 0 Å². The molecule has 140 valence electrons. The molecule has 2 aliphatic carbocycles. The number of carbonyl (C=O) groups is 1. The van der Waals surface area contributed by atoms with Crippen molar-refractivity contribution in [3.8, 4) is 0 Å². The molecule has 3 fully saturated rings. The van der Waals surface area contributed by atoms with E-state index in [4.69, 9.17) is 4.74 Å². The summed E-state index contributed by atoms with van der Waals surface area (Å²) in [6.45, 7) is 2.68. The fourth-order valence-electron chi connectivity index (χ4n) is 4.77. The van der Waals surface area contributed by atoms with Crippen molar-refractivity contribution in [2.45, 2.75) is 63.1 Å². The van der Waals surface area contributed by atoms with Gasteiger partial charge >= 0.3 is 0 Å². The highest BCUT2D eigenvalue weighted by atomic mass is 35.5. The molecule has 3 rings (SSSR count). The number of morpholine rings is 1. The molecule has 5 atom stereocenters. The van der Waals surface area contributed by atoms with E-state index in [0.717, 1.165) is 32.6 Å². The number of nitrogens with zero attached hydrogens (tertiary/aromatic N) is 1. The van der Waals surface area contributed by atoms with Crippen LogP contribution in [0.4, 0.5) is 0 Å². The van der Waals surface area contributed by atoms with Crippen LogP contribution in [-0.2, 0) is 9.53 Å². The van der Waals surface area contributed by atoms with Crippen molar-refractivity contribution >= 4 is 18.3 Å². The first kappa shape index (κ1) is 20.0. The summed E-state index contributed by atoms with van der Waals surface area (Å²) in [4.78, 5) is 14.0. The van der Waals surface area contributed by atoms with E-state index in [1.54, 1.807) is 4.90 Å². The summed E-state index contributed by atoms with van der Waals surface area (Å²) in [5.74, 6) is 1.20. The van der Waals surface area contributed by atoms with E-state index in [-0.39, 0.29) is 18.3 Å². The van der Waals surface area contributed by atoms with Gasteiger partial charge in [-0.2, -0.15) is 0 Å². The Morgan fingerprint density at radius 1 is 1.17 bits per heavy atom. The van der Waals surface area contributed by atoms with Gasteiger partial charge in [-0.1, -0.05) is 12.8 Å². The average molecular weight is 360 g/mol. The minimum atomic E-state index is 0. The molecule has 0 bridgehead atoms. The Kier molecular flexibility index (Phi) is 7.79. The molecule has 5 unspecified atom stereocenters. The van der Waals surface area contributed by atoms with E-state index in [0.29, 0.717) is 30.0 Å². The summed E-state index contributed by atoms with van der Waals surface area (Å²) in [5, 5.41) is 7.57. The second-order valence-corrected chi connectivity index (χ2v) is 7.80. The van der Waals surface area contributed by atoms with Crippen molar-refractivity contribution in [1.29, 1.82) is 0 Å². The highest BCUT2D eigenvalue weighted by molar-refractivity contribution is 5.85. The molecule has 2 N–H and O–H groups in total. The monoisotopic (exact) mass is 359 g/mol. The number of hydrogen-bond donors (Lipinski definition) is 2. The van der Waals surface area contributed by atoms with Crippen LogP contribution in [0.1, 0.15) is 44.9 Å². The van der Waals surface area contributed by atoms with Gasteiger partial charge in [0, 0.05) is 44.7 Å². The quantitative estimate of drug-likeness (QED) is 0.803. The molecule has 5 nitrogen and oxygen atoms in total. The molecule has 1 amide bonds. The summed E-state index contributed by atoms with van der Waals surface area (Å²) < 4.78 is 5.67. The van der Waals surface area contributed by atoms with Crippen LogP contribution in [0.3, 0.4) is 0 Å². The molecule has 3 aliphatic rings. The molecule has 0 aromatic rings. The normalized spacial score (nSPS) is 36.8. The number of ether oxygens (including phenoxy) is 1. The Bertz CT molecular complexity index is 402. The highest BCUT2D eigenvalue weighted by Crippen LogP contribution is 2.32. The van der Waals surface area contributed by atoms with Crippen molar-refractivity contribution in [3.05, 3.63) is 0 Å². The zero-order valence-corrected chi connectivity index (χ0v) is 15.9. The van der Waals surface area contributed by atoms with Crippen molar-refractivity contribution in [1.82, 2.24) is 15.5 Å². The van der Waals surface area contributed by atoms with E-state index < -0.39 is 0 Å². The second kappa shape index (κ2) is 9.37. The van der Waals surface area contributed by atoms with Gasteiger partial charge in [0.05, 0.1) is 13.2 Å². The molecule has 24 heavy (non-hydrogen) atoms. The average Bonchev–Trinajstić information content (AvgIpc) is 3.03. The molecule has 0 radical (unpaired) electrons. The molecule has 6 heteroatoms. The third kappa shape index (κ3) is 4.84. The predicted molar refractivity (Wildman–Crippen MR) is 98.6 cm³/mol. The molecule has 1 saturated heterocycles. The SMILES string of the molecule is CN(C)C(=O)C1CCCC(NC2CCCC2C2COCCN2)C1.Cl. The van der Waals surface area contributed by atoms with Gasteiger partial charge in [0.15, 0.2) is 0 Å². The first-order valence-electron chi connectivity index (χ1n) is 9.43. The fourth-order valence-corrected chi connectivity index (χ4v) is 4.77. The van der Waals surface area contributed by atoms with Gasteiger partial charge in [-0.3, -0.25) is 4.79 Å². The molecule has 2 saturated carbocycles. The largest absolute Gasteiger partial charge is 0.379 e. The fraction of sp³-hybridized carbons (Fsp3) is 0.944. The smallest absolute Gasteiger partial charge is 0.225 e. The maximum atomic E-state index is 12.3. The molecule has 1 aliphatic heterocycles. The lowest BCUT2D eigenvalue weighted by Gasteiger charge is -2.37. The molecular weight excluding hydrogens is 326 g/mol. The van der Waals surface area contributed by atoms with Crippen LogP contribution < -0.4 is 10.6 Å². The van der Waals surface area contributed by atoms with Crippen molar-refractivity contribution in [2.24, 2.45) is 11.8 Å². The van der Waals surface area contributed by atoms with Crippen LogP contribution in [0.15, 0.2) is 0 Å². The van der Waals surface area contributed by atoms with Crippen LogP contribution in [0.25, 0.3) is 0 Å². The van der Waals surface area contributed by atoms with Gasteiger partial charge in [-0.05, 0) is 38.0 Å². The third-order valence-electron chi connectivity index (χ3n) is 5.95. The summed E-state index contributed by atoms with van der Waals surface area (Å²) in [6.07, 6.45) is 8.33. The lowest BCUT2D eigenvalue weighted by molar-refractivity contribution is -0.134. The van der Waals surface area contributed by atoms with Gasteiger partial charge in [-0.15, -0.1) is 12.4 Å². The zero-order valence-electron chi connectivity index (χ0n) is 15.1. The number of hydrogen-bond acceptors (Lipinski definition) is 4. The molecule has 0 aromatic carbocycles. The number of halogens is 1. The second-order valence-electron chi connectivity index (χ2n) is 7.80. The lowest BCUT2D eigenvalue weighted by Crippen LogP contribution is -2.53. The van der Waals surface area contributed by atoms with Gasteiger partial charge in [-0.25, -0.2) is 0 Å². The first-order valence-corrected chi connectivity index (χ1v) is 9.43. The van der Waals surface area contributed by atoms with Crippen molar-refractivity contribution in [3.63, 3.8) is 0 Å². The Morgan fingerprint density at radius 2 is 1.96 bits per heavy atom. The summed E-state index contributed by atoms with van der Waals surface area (Å²) in [7, 11) is 3.75. The minimum Gasteiger partial charge on any atom is -0.379 e. The van der Waals surface area contributed by atoms with Crippen LogP contribution in [0, 0.1) is 11.8 Å². The Morgan fingerprint density at radius 3 is 2.67 bits per heavy atom. The number of rotatable bonds is 4. The standard InChI is InChI=1S/C18H33N3O2.ClH/c1-21(2)18(22)13-5-3-6-14(11-13)20-16-8-4-7-15(16)17-12-23-10-9-19-17;/h13-17,19-20H,3-12H2,1-2H3;1H. The third-order valence-corrected chi connectivity index (χ3v) is 5.95. The number of nitrogens with one attached hydrogen (secondary N) is 2. The van der Waals surface area contributed by atoms with Crippen LogP contribution in [0.2, 0.25) is 0 Å². The molecular formula is C18H34ClN3O2. The van der Waals surface area contributed by atoms with Crippen LogP contribution >= 0.6 is 12.4 Å². The maximum absolute atomic E-state index is 12.3. The topological polar surface area (TPSA) is 53.6 Å². The van der Waals surface area contributed by atoms with Crippen LogP contribution in [-0.4, -0.2) is 62.8 Å².